The summed E-state index contributed by atoms with van der Waals surface area (Å²) in [6.45, 7) is -2.21. The zero-order valence-corrected chi connectivity index (χ0v) is 18.7. The van der Waals surface area contributed by atoms with Crippen LogP contribution >= 0.6 is 0 Å². The first-order chi connectivity index (χ1) is 16.6. The molecule has 3 heterocycles. The fourth-order valence-corrected chi connectivity index (χ4v) is 4.24. The van der Waals surface area contributed by atoms with Crippen LogP contribution in [0.1, 0.15) is 0 Å². The van der Waals surface area contributed by atoms with E-state index in [1.54, 1.807) is 0 Å². The summed E-state index contributed by atoms with van der Waals surface area (Å²) in [6, 6.07) is 0. The van der Waals surface area contributed by atoms with E-state index in [0.717, 1.165) is 0 Å². The second-order valence-electron chi connectivity index (χ2n) is 8.55. The van der Waals surface area contributed by atoms with Gasteiger partial charge in [0.15, 0.2) is 18.9 Å². The Bertz CT molecular complexity index is 650. The highest BCUT2D eigenvalue weighted by Crippen LogP contribution is 2.32. The lowest BCUT2D eigenvalue weighted by molar-refractivity contribution is -0.378. The Morgan fingerprint density at radius 2 is 0.857 bits per heavy atom. The van der Waals surface area contributed by atoms with Gasteiger partial charge in [-0.1, -0.05) is 0 Å². The Kier molecular flexibility index (Phi) is 10.1. The van der Waals surface area contributed by atoms with Gasteiger partial charge in [-0.3, -0.25) is 0 Å². The van der Waals surface area contributed by atoms with E-state index in [2.05, 4.69) is 0 Å². The average molecular weight is 518 g/mol. The first-order valence-corrected chi connectivity index (χ1v) is 11.0. The summed E-state index contributed by atoms with van der Waals surface area (Å²) in [7, 11) is 1.21. The van der Waals surface area contributed by atoms with E-state index in [-0.39, 0.29) is 0 Å². The first-order valence-electron chi connectivity index (χ1n) is 11.0. The van der Waals surface area contributed by atoms with Crippen LogP contribution in [-0.2, 0) is 28.4 Å². The smallest absolute Gasteiger partial charge is 0.187 e. The molecule has 15 atom stereocenters. The van der Waals surface area contributed by atoms with Crippen LogP contribution in [0.2, 0.25) is 0 Å². The van der Waals surface area contributed by atoms with Crippen LogP contribution in [0, 0.1) is 0 Å². The molecule has 0 bridgehead atoms. The summed E-state index contributed by atoms with van der Waals surface area (Å²) < 4.78 is 31.9. The molecule has 0 aromatic heterocycles. The van der Waals surface area contributed by atoms with Gasteiger partial charge in [0, 0.05) is 7.11 Å². The van der Waals surface area contributed by atoms with Crippen LogP contribution in [0.4, 0.5) is 0 Å². The fraction of sp³-hybridized carbons (Fsp3) is 1.00. The third kappa shape index (κ3) is 5.78. The topological polar surface area (TPSA) is 258 Å². The van der Waals surface area contributed by atoms with E-state index < -0.39 is 112 Å². The monoisotopic (exact) mass is 518 g/mol. The number of ether oxygens (including phenoxy) is 6. The van der Waals surface area contributed by atoms with E-state index in [0.29, 0.717) is 0 Å². The molecule has 15 unspecified atom stereocenters. The molecule has 0 aliphatic carbocycles. The molecule has 10 N–H and O–H groups in total. The van der Waals surface area contributed by atoms with E-state index >= 15 is 0 Å². The minimum absolute atomic E-state index is 0.675. The van der Waals surface area contributed by atoms with Crippen LogP contribution in [0.5, 0.6) is 0 Å². The number of methoxy groups -OCH3 is 1. The van der Waals surface area contributed by atoms with E-state index in [9.17, 15) is 51.1 Å². The molecule has 0 amide bonds. The largest absolute Gasteiger partial charge is 0.394 e. The number of aliphatic hydroxyl groups excluding tert-OH is 10. The second kappa shape index (κ2) is 12.3. The van der Waals surface area contributed by atoms with Crippen LogP contribution < -0.4 is 0 Å². The zero-order valence-electron chi connectivity index (χ0n) is 18.7. The lowest BCUT2D eigenvalue weighted by Crippen LogP contribution is -2.66. The van der Waals surface area contributed by atoms with Gasteiger partial charge in [-0.05, 0) is 0 Å². The molecule has 0 spiro atoms. The minimum Gasteiger partial charge on any atom is -0.394 e. The van der Waals surface area contributed by atoms with Crippen molar-refractivity contribution in [3.63, 3.8) is 0 Å². The third-order valence-electron chi connectivity index (χ3n) is 6.30. The quantitative estimate of drug-likeness (QED) is 0.143. The Morgan fingerprint density at radius 1 is 0.486 bits per heavy atom. The summed E-state index contributed by atoms with van der Waals surface area (Å²) in [5.41, 5.74) is 0. The standard InChI is InChI=1S/C19H34O16/c1-30-17-13(28)10(25)15(6(3-21)32-17)35-19-14(29)11(26)16(7(4-22)33-19)34-18-12(27)9(24)8(23)5(2-20)31-18/h5-29H,2-4H2,1H3. The van der Waals surface area contributed by atoms with Gasteiger partial charge in [-0.2, -0.15) is 0 Å². The molecule has 3 saturated heterocycles. The van der Waals surface area contributed by atoms with Crippen molar-refractivity contribution in [1.82, 2.24) is 0 Å². The molecule has 3 aliphatic heterocycles. The Hall–Kier alpha value is -0.640. The predicted molar refractivity (Wildman–Crippen MR) is 106 cm³/mol. The highest BCUT2D eigenvalue weighted by atomic mass is 16.8. The van der Waals surface area contributed by atoms with Crippen molar-refractivity contribution in [1.29, 1.82) is 0 Å². The average Bonchev–Trinajstić information content (AvgIpc) is 2.86. The first kappa shape index (κ1) is 28.9. The summed E-state index contributed by atoms with van der Waals surface area (Å²) in [5, 5.41) is 100. The van der Waals surface area contributed by atoms with Crippen molar-refractivity contribution < 1.29 is 79.5 Å². The SMILES string of the molecule is COC1OC(CO)C(OC2OC(CO)C(OC3OC(CO)C(O)C(O)C3O)C(O)C2O)C(O)C1O. The highest BCUT2D eigenvalue weighted by Gasteiger charge is 2.53. The van der Waals surface area contributed by atoms with Gasteiger partial charge in [0.1, 0.15) is 73.2 Å². The molecule has 0 aromatic carbocycles. The van der Waals surface area contributed by atoms with Gasteiger partial charge in [0.05, 0.1) is 19.8 Å². The van der Waals surface area contributed by atoms with Gasteiger partial charge in [0.2, 0.25) is 0 Å². The summed E-state index contributed by atoms with van der Waals surface area (Å²) in [5.74, 6) is 0. The normalized spacial score (nSPS) is 51.3. The van der Waals surface area contributed by atoms with Gasteiger partial charge < -0.3 is 79.5 Å². The molecule has 0 radical (unpaired) electrons. The number of hydrogen-bond donors (Lipinski definition) is 10. The molecule has 3 fully saturated rings. The van der Waals surface area contributed by atoms with Crippen molar-refractivity contribution >= 4 is 0 Å². The van der Waals surface area contributed by atoms with Gasteiger partial charge in [-0.15, -0.1) is 0 Å². The lowest BCUT2D eigenvalue weighted by atomic mass is 9.96. The molecule has 16 nitrogen and oxygen atoms in total. The molecule has 16 heteroatoms. The molecule has 35 heavy (non-hydrogen) atoms. The van der Waals surface area contributed by atoms with Crippen molar-refractivity contribution in [3.8, 4) is 0 Å². The third-order valence-corrected chi connectivity index (χ3v) is 6.30. The number of rotatable bonds is 8. The fourth-order valence-electron chi connectivity index (χ4n) is 4.24. The predicted octanol–water partition coefficient (Wildman–Crippen LogP) is -6.92. The molecular weight excluding hydrogens is 484 g/mol. The second-order valence-corrected chi connectivity index (χ2v) is 8.55. The van der Waals surface area contributed by atoms with Crippen LogP contribution in [-0.4, -0.2) is 170 Å². The maximum absolute atomic E-state index is 10.7. The van der Waals surface area contributed by atoms with Gasteiger partial charge in [-0.25, -0.2) is 0 Å². The molecule has 3 rings (SSSR count). The molecule has 0 aromatic rings. The summed E-state index contributed by atoms with van der Waals surface area (Å²) in [4.78, 5) is 0. The molecule has 3 aliphatic rings. The minimum atomic E-state index is -1.88. The highest BCUT2D eigenvalue weighted by molar-refractivity contribution is 4.96. The summed E-state index contributed by atoms with van der Waals surface area (Å²) >= 11 is 0. The maximum Gasteiger partial charge on any atom is 0.187 e. The van der Waals surface area contributed by atoms with Crippen LogP contribution in [0.15, 0.2) is 0 Å². The van der Waals surface area contributed by atoms with Crippen molar-refractivity contribution in [2.45, 2.75) is 92.1 Å². The maximum atomic E-state index is 10.7. The van der Waals surface area contributed by atoms with Crippen molar-refractivity contribution in [3.05, 3.63) is 0 Å². The number of hydrogen-bond acceptors (Lipinski definition) is 16. The van der Waals surface area contributed by atoms with E-state index in [1.165, 1.54) is 7.11 Å². The summed E-state index contributed by atoms with van der Waals surface area (Å²) in [6.07, 6.45) is -23.8. The Morgan fingerprint density at radius 3 is 1.29 bits per heavy atom. The van der Waals surface area contributed by atoms with E-state index in [1.807, 2.05) is 0 Å². The molecular formula is C19H34O16. The Labute approximate surface area is 199 Å². The van der Waals surface area contributed by atoms with Gasteiger partial charge in [0.25, 0.3) is 0 Å². The van der Waals surface area contributed by atoms with Crippen molar-refractivity contribution in [2.24, 2.45) is 0 Å². The van der Waals surface area contributed by atoms with Crippen molar-refractivity contribution in [2.75, 3.05) is 26.9 Å². The molecule has 206 valence electrons. The van der Waals surface area contributed by atoms with E-state index in [4.69, 9.17) is 28.4 Å². The number of aliphatic hydroxyl groups is 10. The van der Waals surface area contributed by atoms with Crippen LogP contribution in [0.3, 0.4) is 0 Å². The molecule has 0 saturated carbocycles. The van der Waals surface area contributed by atoms with Crippen LogP contribution in [0.25, 0.3) is 0 Å². The zero-order chi connectivity index (χ0) is 26.0. The Balaban J connectivity index is 1.72. The van der Waals surface area contributed by atoms with Gasteiger partial charge >= 0.3 is 0 Å². The lowest BCUT2D eigenvalue weighted by Gasteiger charge is -2.48.